The molecule has 0 spiro atoms. The SMILES string of the molecule is CCCCCCCOc1ccc(-c2nc(-c3ccc(F)cc3)no2)cc1. The van der Waals surface area contributed by atoms with Gasteiger partial charge in [-0.3, -0.25) is 0 Å². The van der Waals surface area contributed by atoms with Gasteiger partial charge in [-0.15, -0.1) is 0 Å². The highest BCUT2D eigenvalue weighted by Crippen LogP contribution is 2.24. The van der Waals surface area contributed by atoms with Crippen LogP contribution in [0.4, 0.5) is 4.39 Å². The highest BCUT2D eigenvalue weighted by atomic mass is 19.1. The molecule has 0 atom stereocenters. The molecule has 0 radical (unpaired) electrons. The van der Waals surface area contributed by atoms with Crippen molar-refractivity contribution >= 4 is 0 Å². The molecule has 0 bridgehead atoms. The minimum atomic E-state index is -0.293. The molecule has 0 aliphatic carbocycles. The lowest BCUT2D eigenvalue weighted by molar-refractivity contribution is 0.304. The van der Waals surface area contributed by atoms with Gasteiger partial charge in [-0.05, 0) is 55.0 Å². The Morgan fingerprint density at radius 1 is 0.885 bits per heavy atom. The molecule has 0 saturated carbocycles. The first-order valence-electron chi connectivity index (χ1n) is 9.09. The number of rotatable bonds is 9. The lowest BCUT2D eigenvalue weighted by Crippen LogP contribution is -1.97. The summed E-state index contributed by atoms with van der Waals surface area (Å²) in [6.07, 6.45) is 6.10. The van der Waals surface area contributed by atoms with E-state index in [1.54, 1.807) is 12.1 Å². The molecule has 2 aromatic carbocycles. The van der Waals surface area contributed by atoms with Gasteiger partial charge in [0, 0.05) is 11.1 Å². The maximum atomic E-state index is 13.0. The first kappa shape index (κ1) is 18.1. The predicted molar refractivity (Wildman–Crippen MR) is 99.4 cm³/mol. The molecule has 1 heterocycles. The van der Waals surface area contributed by atoms with Crippen molar-refractivity contribution in [2.45, 2.75) is 39.0 Å². The van der Waals surface area contributed by atoms with Crippen molar-refractivity contribution < 1.29 is 13.7 Å². The first-order chi connectivity index (χ1) is 12.8. The quantitative estimate of drug-likeness (QED) is 0.449. The largest absolute Gasteiger partial charge is 0.494 e. The Labute approximate surface area is 153 Å². The van der Waals surface area contributed by atoms with Crippen LogP contribution in [0.15, 0.2) is 53.1 Å². The van der Waals surface area contributed by atoms with Crippen LogP contribution in [-0.2, 0) is 0 Å². The topological polar surface area (TPSA) is 48.2 Å². The standard InChI is InChI=1S/C21H23FN2O2/c1-2-3-4-5-6-15-25-19-13-9-17(10-14-19)21-23-20(24-26-21)16-7-11-18(22)12-8-16/h7-14H,2-6,15H2,1H3. The van der Waals surface area contributed by atoms with E-state index in [9.17, 15) is 4.39 Å². The lowest BCUT2D eigenvalue weighted by Gasteiger charge is -2.06. The molecule has 4 nitrogen and oxygen atoms in total. The van der Waals surface area contributed by atoms with E-state index in [1.165, 1.54) is 37.8 Å². The third-order valence-electron chi connectivity index (χ3n) is 4.15. The van der Waals surface area contributed by atoms with Gasteiger partial charge in [0.2, 0.25) is 5.82 Å². The molecule has 0 saturated heterocycles. The summed E-state index contributed by atoms with van der Waals surface area (Å²) < 4.78 is 24.1. The summed E-state index contributed by atoms with van der Waals surface area (Å²) in [6, 6.07) is 13.6. The fraction of sp³-hybridized carbons (Fsp3) is 0.333. The fourth-order valence-corrected chi connectivity index (χ4v) is 2.65. The second kappa shape index (κ2) is 9.13. The van der Waals surface area contributed by atoms with Crippen molar-refractivity contribution in [1.82, 2.24) is 10.1 Å². The molecule has 0 N–H and O–H groups in total. The summed E-state index contributed by atoms with van der Waals surface area (Å²) >= 11 is 0. The summed E-state index contributed by atoms with van der Waals surface area (Å²) in [5.41, 5.74) is 1.53. The van der Waals surface area contributed by atoms with Gasteiger partial charge < -0.3 is 9.26 Å². The third-order valence-corrected chi connectivity index (χ3v) is 4.15. The van der Waals surface area contributed by atoms with Crippen molar-refractivity contribution in [2.24, 2.45) is 0 Å². The zero-order valence-electron chi connectivity index (χ0n) is 15.0. The molecule has 1 aromatic heterocycles. The number of benzene rings is 2. The molecule has 5 heteroatoms. The molecule has 136 valence electrons. The van der Waals surface area contributed by atoms with E-state index in [-0.39, 0.29) is 5.82 Å². The van der Waals surface area contributed by atoms with E-state index < -0.39 is 0 Å². The Morgan fingerprint density at radius 2 is 1.58 bits per heavy atom. The Hall–Kier alpha value is -2.69. The van der Waals surface area contributed by atoms with Gasteiger partial charge in [-0.1, -0.05) is 37.8 Å². The third kappa shape index (κ3) is 4.91. The van der Waals surface area contributed by atoms with Crippen LogP contribution in [0.5, 0.6) is 5.75 Å². The Bertz CT molecular complexity index is 798. The van der Waals surface area contributed by atoms with E-state index in [0.29, 0.717) is 17.3 Å². The van der Waals surface area contributed by atoms with Gasteiger partial charge in [-0.2, -0.15) is 4.98 Å². The van der Waals surface area contributed by atoms with Crippen LogP contribution in [0.25, 0.3) is 22.8 Å². The van der Waals surface area contributed by atoms with E-state index in [2.05, 4.69) is 17.1 Å². The number of hydrogen-bond acceptors (Lipinski definition) is 4. The highest BCUT2D eigenvalue weighted by Gasteiger charge is 2.10. The zero-order chi connectivity index (χ0) is 18.2. The Balaban J connectivity index is 1.56. The van der Waals surface area contributed by atoms with Crippen molar-refractivity contribution in [3.63, 3.8) is 0 Å². The monoisotopic (exact) mass is 354 g/mol. The zero-order valence-corrected chi connectivity index (χ0v) is 15.0. The maximum Gasteiger partial charge on any atom is 0.258 e. The summed E-state index contributed by atoms with van der Waals surface area (Å²) in [5.74, 6) is 1.41. The second-order valence-electron chi connectivity index (χ2n) is 6.22. The maximum absolute atomic E-state index is 13.0. The minimum absolute atomic E-state index is 0.293. The van der Waals surface area contributed by atoms with Crippen LogP contribution < -0.4 is 4.74 Å². The van der Waals surface area contributed by atoms with Gasteiger partial charge in [0.25, 0.3) is 5.89 Å². The number of ether oxygens (including phenoxy) is 1. The van der Waals surface area contributed by atoms with Crippen molar-refractivity contribution in [1.29, 1.82) is 0 Å². The molecule has 0 fully saturated rings. The first-order valence-corrected chi connectivity index (χ1v) is 9.09. The van der Waals surface area contributed by atoms with Gasteiger partial charge >= 0.3 is 0 Å². The number of halogens is 1. The van der Waals surface area contributed by atoms with Crippen LogP contribution in [0, 0.1) is 5.82 Å². The summed E-state index contributed by atoms with van der Waals surface area (Å²) in [5, 5.41) is 3.96. The molecule has 0 aliphatic rings. The van der Waals surface area contributed by atoms with Crippen LogP contribution in [0.2, 0.25) is 0 Å². The minimum Gasteiger partial charge on any atom is -0.494 e. The fourth-order valence-electron chi connectivity index (χ4n) is 2.65. The average molecular weight is 354 g/mol. The Kier molecular flexibility index (Phi) is 6.36. The number of aromatic nitrogens is 2. The molecule has 0 unspecified atom stereocenters. The van der Waals surface area contributed by atoms with Gasteiger partial charge in [0.05, 0.1) is 6.61 Å². The van der Waals surface area contributed by atoms with Crippen LogP contribution in [0.3, 0.4) is 0 Å². The van der Waals surface area contributed by atoms with Crippen LogP contribution in [0.1, 0.15) is 39.0 Å². The molecule has 0 aliphatic heterocycles. The summed E-state index contributed by atoms with van der Waals surface area (Å²) in [4.78, 5) is 4.37. The van der Waals surface area contributed by atoms with Crippen LogP contribution in [-0.4, -0.2) is 16.7 Å². The summed E-state index contributed by atoms with van der Waals surface area (Å²) in [6.45, 7) is 2.95. The summed E-state index contributed by atoms with van der Waals surface area (Å²) in [7, 11) is 0. The van der Waals surface area contributed by atoms with Gasteiger partial charge in [0.1, 0.15) is 11.6 Å². The molecular formula is C21H23FN2O2. The number of unbranched alkanes of at least 4 members (excludes halogenated alkanes) is 4. The van der Waals surface area contributed by atoms with Crippen molar-refractivity contribution in [3.8, 4) is 28.6 Å². The van der Waals surface area contributed by atoms with Gasteiger partial charge in [-0.25, -0.2) is 4.39 Å². The smallest absolute Gasteiger partial charge is 0.258 e. The van der Waals surface area contributed by atoms with E-state index in [1.807, 2.05) is 24.3 Å². The Morgan fingerprint density at radius 3 is 2.31 bits per heavy atom. The molecule has 3 rings (SSSR count). The van der Waals surface area contributed by atoms with Gasteiger partial charge in [0.15, 0.2) is 0 Å². The predicted octanol–water partition coefficient (Wildman–Crippen LogP) is 5.89. The van der Waals surface area contributed by atoms with Crippen LogP contribution >= 0.6 is 0 Å². The van der Waals surface area contributed by atoms with E-state index in [4.69, 9.17) is 9.26 Å². The van der Waals surface area contributed by atoms with Crippen molar-refractivity contribution in [2.75, 3.05) is 6.61 Å². The second-order valence-corrected chi connectivity index (χ2v) is 6.22. The average Bonchev–Trinajstić information content (AvgIpc) is 3.16. The molecule has 0 amide bonds. The number of hydrogen-bond donors (Lipinski definition) is 0. The van der Waals surface area contributed by atoms with Crippen molar-refractivity contribution in [3.05, 3.63) is 54.3 Å². The van der Waals surface area contributed by atoms with E-state index in [0.717, 1.165) is 24.3 Å². The number of nitrogens with zero attached hydrogens (tertiary/aromatic N) is 2. The molecule has 3 aromatic rings. The highest BCUT2D eigenvalue weighted by molar-refractivity contribution is 5.60. The molecular weight excluding hydrogens is 331 g/mol. The van der Waals surface area contributed by atoms with E-state index >= 15 is 0 Å². The molecule has 26 heavy (non-hydrogen) atoms. The normalized spacial score (nSPS) is 10.8. The lowest BCUT2D eigenvalue weighted by atomic mass is 10.2.